The minimum atomic E-state index is 0.216. The van der Waals surface area contributed by atoms with Crippen LogP contribution in [-0.4, -0.2) is 6.61 Å². The normalized spacial score (nSPS) is 13.5. The van der Waals surface area contributed by atoms with Crippen LogP contribution in [-0.2, 0) is 5.41 Å². The van der Waals surface area contributed by atoms with Crippen molar-refractivity contribution in [1.82, 2.24) is 0 Å². The lowest BCUT2D eigenvalue weighted by Crippen LogP contribution is -2.11. The molecule has 0 spiro atoms. The molecule has 1 atom stereocenters. The first-order chi connectivity index (χ1) is 7.93. The van der Waals surface area contributed by atoms with Crippen LogP contribution < -0.4 is 4.74 Å². The van der Waals surface area contributed by atoms with E-state index in [1.165, 1.54) is 18.4 Å². The average Bonchev–Trinajstić information content (AvgIpc) is 2.26. The molecule has 0 bridgehead atoms. The van der Waals surface area contributed by atoms with E-state index in [-0.39, 0.29) is 5.41 Å². The zero-order chi connectivity index (χ0) is 12.9. The molecule has 1 rings (SSSR count). The van der Waals surface area contributed by atoms with Crippen molar-refractivity contribution in [3.8, 4) is 5.75 Å². The summed E-state index contributed by atoms with van der Waals surface area (Å²) in [5.41, 5.74) is 1.57. The maximum absolute atomic E-state index is 5.79. The molecule has 0 N–H and O–H groups in total. The number of benzene rings is 1. The Hall–Kier alpha value is -0.980. The van der Waals surface area contributed by atoms with Gasteiger partial charge < -0.3 is 4.74 Å². The zero-order valence-corrected chi connectivity index (χ0v) is 11.9. The molecule has 0 saturated carbocycles. The summed E-state index contributed by atoms with van der Waals surface area (Å²) < 4.78 is 5.79. The van der Waals surface area contributed by atoms with Gasteiger partial charge in [-0.1, -0.05) is 53.2 Å². The summed E-state index contributed by atoms with van der Waals surface area (Å²) in [7, 11) is 0. The molecule has 1 nitrogen and oxygen atoms in total. The van der Waals surface area contributed by atoms with E-state index in [9.17, 15) is 0 Å². The Morgan fingerprint density at radius 2 is 1.71 bits per heavy atom. The van der Waals surface area contributed by atoms with Gasteiger partial charge in [-0.2, -0.15) is 0 Å². The molecule has 0 heterocycles. The highest BCUT2D eigenvalue weighted by Gasteiger charge is 2.13. The van der Waals surface area contributed by atoms with Crippen molar-refractivity contribution in [3.05, 3.63) is 29.8 Å². The van der Waals surface area contributed by atoms with Crippen molar-refractivity contribution >= 4 is 0 Å². The SMILES string of the molecule is CCCC(C)COc1ccc(C(C)(C)C)cc1. The molecule has 0 radical (unpaired) electrons. The fourth-order valence-electron chi connectivity index (χ4n) is 1.87. The van der Waals surface area contributed by atoms with Crippen LogP contribution in [0, 0.1) is 5.92 Å². The summed E-state index contributed by atoms with van der Waals surface area (Å²) in [5, 5.41) is 0. The molecule has 0 aliphatic heterocycles. The second kappa shape index (κ2) is 6.09. The molecule has 0 amide bonds. The van der Waals surface area contributed by atoms with Crippen LogP contribution in [0.1, 0.15) is 53.0 Å². The predicted molar refractivity (Wildman–Crippen MR) is 74.7 cm³/mol. The van der Waals surface area contributed by atoms with E-state index in [4.69, 9.17) is 4.74 Å². The van der Waals surface area contributed by atoms with Crippen LogP contribution in [0.3, 0.4) is 0 Å². The Balaban J connectivity index is 2.51. The fraction of sp³-hybridized carbons (Fsp3) is 0.625. The van der Waals surface area contributed by atoms with Crippen LogP contribution in [0.4, 0.5) is 0 Å². The summed E-state index contributed by atoms with van der Waals surface area (Å²) in [6.07, 6.45) is 2.47. The number of hydrogen-bond acceptors (Lipinski definition) is 1. The molecular formula is C16H26O. The first-order valence-electron chi connectivity index (χ1n) is 6.67. The van der Waals surface area contributed by atoms with E-state index in [1.54, 1.807) is 0 Å². The Morgan fingerprint density at radius 1 is 1.12 bits per heavy atom. The van der Waals surface area contributed by atoms with Crippen LogP contribution in [0.2, 0.25) is 0 Å². The lowest BCUT2D eigenvalue weighted by Gasteiger charge is -2.19. The van der Waals surface area contributed by atoms with Gasteiger partial charge in [0.2, 0.25) is 0 Å². The molecule has 0 fully saturated rings. The van der Waals surface area contributed by atoms with E-state index in [0.717, 1.165) is 12.4 Å². The number of ether oxygens (including phenoxy) is 1. The van der Waals surface area contributed by atoms with Crippen LogP contribution in [0.15, 0.2) is 24.3 Å². The molecule has 0 aliphatic rings. The molecular weight excluding hydrogens is 208 g/mol. The lowest BCUT2D eigenvalue weighted by molar-refractivity contribution is 0.251. The third kappa shape index (κ3) is 4.80. The lowest BCUT2D eigenvalue weighted by atomic mass is 9.87. The Labute approximate surface area is 106 Å². The predicted octanol–water partition coefficient (Wildman–Crippen LogP) is 4.80. The van der Waals surface area contributed by atoms with Crippen LogP contribution >= 0.6 is 0 Å². The van der Waals surface area contributed by atoms with Crippen molar-refractivity contribution in [2.75, 3.05) is 6.61 Å². The summed E-state index contributed by atoms with van der Waals surface area (Å²) in [6.45, 7) is 12.0. The van der Waals surface area contributed by atoms with Gasteiger partial charge in [-0.15, -0.1) is 0 Å². The van der Waals surface area contributed by atoms with Gasteiger partial charge >= 0.3 is 0 Å². The second-order valence-electron chi connectivity index (χ2n) is 5.98. The van der Waals surface area contributed by atoms with E-state index in [1.807, 2.05) is 0 Å². The molecule has 1 aromatic rings. The van der Waals surface area contributed by atoms with Gasteiger partial charge in [0, 0.05) is 0 Å². The quantitative estimate of drug-likeness (QED) is 0.711. The minimum absolute atomic E-state index is 0.216. The topological polar surface area (TPSA) is 9.23 Å². The molecule has 0 saturated heterocycles. The second-order valence-corrected chi connectivity index (χ2v) is 5.98. The third-order valence-corrected chi connectivity index (χ3v) is 3.04. The molecule has 0 aliphatic carbocycles. The summed E-state index contributed by atoms with van der Waals surface area (Å²) in [6, 6.07) is 8.50. The third-order valence-electron chi connectivity index (χ3n) is 3.04. The monoisotopic (exact) mass is 234 g/mol. The van der Waals surface area contributed by atoms with Gasteiger partial charge in [0.15, 0.2) is 0 Å². The molecule has 1 unspecified atom stereocenters. The van der Waals surface area contributed by atoms with Gasteiger partial charge in [0.05, 0.1) is 6.61 Å². The van der Waals surface area contributed by atoms with Gasteiger partial charge in [-0.3, -0.25) is 0 Å². The van der Waals surface area contributed by atoms with Crippen molar-refractivity contribution in [3.63, 3.8) is 0 Å². The van der Waals surface area contributed by atoms with Gasteiger partial charge in [-0.25, -0.2) is 0 Å². The molecule has 96 valence electrons. The highest BCUT2D eigenvalue weighted by Crippen LogP contribution is 2.24. The smallest absolute Gasteiger partial charge is 0.119 e. The summed E-state index contributed by atoms with van der Waals surface area (Å²) in [4.78, 5) is 0. The Bertz CT molecular complexity index is 318. The first-order valence-corrected chi connectivity index (χ1v) is 6.67. The molecule has 1 aromatic carbocycles. The summed E-state index contributed by atoms with van der Waals surface area (Å²) >= 11 is 0. The van der Waals surface area contributed by atoms with E-state index in [0.29, 0.717) is 5.92 Å². The maximum Gasteiger partial charge on any atom is 0.119 e. The molecule has 1 heteroatoms. The number of hydrogen-bond donors (Lipinski definition) is 0. The minimum Gasteiger partial charge on any atom is -0.493 e. The largest absolute Gasteiger partial charge is 0.493 e. The van der Waals surface area contributed by atoms with Gasteiger partial charge in [0.1, 0.15) is 5.75 Å². The average molecular weight is 234 g/mol. The highest BCUT2D eigenvalue weighted by atomic mass is 16.5. The standard InChI is InChI=1S/C16H26O/c1-6-7-13(2)12-17-15-10-8-14(9-11-15)16(3,4)5/h8-11,13H,6-7,12H2,1-5H3. The van der Waals surface area contributed by atoms with E-state index >= 15 is 0 Å². The molecule has 17 heavy (non-hydrogen) atoms. The van der Waals surface area contributed by atoms with Gasteiger partial charge in [-0.05, 0) is 35.4 Å². The number of rotatable bonds is 5. The Morgan fingerprint density at radius 3 is 2.18 bits per heavy atom. The van der Waals surface area contributed by atoms with E-state index < -0.39 is 0 Å². The van der Waals surface area contributed by atoms with Crippen molar-refractivity contribution in [2.24, 2.45) is 5.92 Å². The summed E-state index contributed by atoms with van der Waals surface area (Å²) in [5.74, 6) is 1.63. The highest BCUT2D eigenvalue weighted by molar-refractivity contribution is 5.31. The molecule has 0 aromatic heterocycles. The van der Waals surface area contributed by atoms with Crippen molar-refractivity contribution in [2.45, 2.75) is 52.9 Å². The van der Waals surface area contributed by atoms with E-state index in [2.05, 4.69) is 58.9 Å². The van der Waals surface area contributed by atoms with Gasteiger partial charge in [0.25, 0.3) is 0 Å². The Kier molecular flexibility index (Phi) is 5.04. The van der Waals surface area contributed by atoms with Crippen molar-refractivity contribution in [1.29, 1.82) is 0 Å². The van der Waals surface area contributed by atoms with Crippen LogP contribution in [0.5, 0.6) is 5.75 Å². The fourth-order valence-corrected chi connectivity index (χ4v) is 1.87. The maximum atomic E-state index is 5.79. The first kappa shape index (κ1) is 14.1. The van der Waals surface area contributed by atoms with Crippen LogP contribution in [0.25, 0.3) is 0 Å². The van der Waals surface area contributed by atoms with Crippen molar-refractivity contribution < 1.29 is 4.74 Å². The zero-order valence-electron chi connectivity index (χ0n) is 11.9.